The first-order valence-corrected chi connectivity index (χ1v) is 13.1. The molecule has 1 N–H and O–H groups in total. The van der Waals surface area contributed by atoms with Gasteiger partial charge in [-0.05, 0) is 57.7 Å². The Bertz CT molecular complexity index is 1110. The normalized spacial score (nSPS) is 26.1. The van der Waals surface area contributed by atoms with E-state index in [0.717, 1.165) is 19.3 Å². The maximum atomic E-state index is 13.5. The summed E-state index contributed by atoms with van der Waals surface area (Å²) in [5.74, 6) is 0.194. The summed E-state index contributed by atoms with van der Waals surface area (Å²) < 4.78 is 10.8. The third-order valence-electron chi connectivity index (χ3n) is 6.67. The number of halogens is 2. The Morgan fingerprint density at radius 1 is 1.14 bits per heavy atom. The van der Waals surface area contributed by atoms with E-state index in [1.165, 1.54) is 9.80 Å². The van der Waals surface area contributed by atoms with Crippen molar-refractivity contribution in [3.63, 3.8) is 0 Å². The van der Waals surface area contributed by atoms with E-state index in [-0.39, 0.29) is 24.6 Å². The lowest BCUT2D eigenvalue weighted by Gasteiger charge is -2.40. The zero-order chi connectivity index (χ0) is 27.1. The van der Waals surface area contributed by atoms with Crippen molar-refractivity contribution >= 4 is 47.3 Å². The number of nitrogens with one attached hydrogen (secondary N) is 1. The number of imide groups is 1. The van der Waals surface area contributed by atoms with Crippen molar-refractivity contribution in [2.75, 3.05) is 14.1 Å². The zero-order valence-corrected chi connectivity index (χ0v) is 23.2. The number of ether oxygens (including phenoxy) is 2. The number of guanidine groups is 1. The first-order chi connectivity index (χ1) is 17.3. The van der Waals surface area contributed by atoms with Crippen LogP contribution in [0.3, 0.4) is 0 Å². The predicted molar refractivity (Wildman–Crippen MR) is 139 cm³/mol. The summed E-state index contributed by atoms with van der Waals surface area (Å²) in [5.41, 5.74) is 0.0751. The highest BCUT2D eigenvalue weighted by Gasteiger charge is 2.51. The number of amides is 3. The van der Waals surface area contributed by atoms with Crippen LogP contribution in [0.25, 0.3) is 0 Å². The van der Waals surface area contributed by atoms with Crippen LogP contribution < -0.4 is 5.32 Å². The van der Waals surface area contributed by atoms with Gasteiger partial charge in [-0.15, -0.1) is 0 Å². The SMILES string of the molecule is CN1C(=O)N(Cc2ccc(Cl)c(Cl)c2)C(=O)C2C1N=C(N[C@H]1CCC[C@@H](OC(=O)OC(C)(C)C)C1)N2C. The van der Waals surface area contributed by atoms with Gasteiger partial charge in [0, 0.05) is 26.6 Å². The number of rotatable bonds is 4. The van der Waals surface area contributed by atoms with Gasteiger partial charge in [0.25, 0.3) is 5.91 Å². The molecule has 4 rings (SSSR count). The van der Waals surface area contributed by atoms with Gasteiger partial charge in [0.05, 0.1) is 16.6 Å². The van der Waals surface area contributed by atoms with E-state index < -0.39 is 30.0 Å². The maximum absolute atomic E-state index is 13.5. The molecule has 2 heterocycles. The van der Waals surface area contributed by atoms with E-state index in [9.17, 15) is 14.4 Å². The van der Waals surface area contributed by atoms with Crippen LogP contribution in [0.5, 0.6) is 0 Å². The second-order valence-corrected chi connectivity index (χ2v) is 11.5. The molecule has 202 valence electrons. The topological polar surface area (TPSA) is 104 Å². The molecule has 0 bridgehead atoms. The Morgan fingerprint density at radius 2 is 1.86 bits per heavy atom. The highest BCUT2D eigenvalue weighted by molar-refractivity contribution is 6.42. The lowest BCUT2D eigenvalue weighted by atomic mass is 9.93. The van der Waals surface area contributed by atoms with Crippen LogP contribution in [-0.2, 0) is 20.8 Å². The van der Waals surface area contributed by atoms with Crippen LogP contribution in [-0.4, -0.2) is 82.8 Å². The summed E-state index contributed by atoms with van der Waals surface area (Å²) in [6.45, 7) is 5.45. The van der Waals surface area contributed by atoms with Crippen LogP contribution in [0.2, 0.25) is 10.0 Å². The van der Waals surface area contributed by atoms with Gasteiger partial charge in [-0.2, -0.15) is 0 Å². The van der Waals surface area contributed by atoms with E-state index in [1.54, 1.807) is 58.0 Å². The van der Waals surface area contributed by atoms with E-state index in [1.807, 2.05) is 0 Å². The molecule has 0 spiro atoms. The van der Waals surface area contributed by atoms with Gasteiger partial charge in [0.1, 0.15) is 11.7 Å². The van der Waals surface area contributed by atoms with Gasteiger partial charge >= 0.3 is 12.2 Å². The number of likely N-dealkylation sites (N-methyl/N-ethyl adjacent to an activating group) is 2. The molecule has 0 radical (unpaired) electrons. The molecule has 2 aliphatic heterocycles. The fourth-order valence-electron chi connectivity index (χ4n) is 4.85. The second kappa shape index (κ2) is 10.6. The van der Waals surface area contributed by atoms with Crippen LogP contribution in [0, 0.1) is 0 Å². The molecule has 3 aliphatic rings. The number of benzene rings is 1. The van der Waals surface area contributed by atoms with Crippen LogP contribution in [0.15, 0.2) is 23.2 Å². The minimum Gasteiger partial charge on any atom is -0.431 e. The number of carbonyl (C=O) groups is 3. The zero-order valence-electron chi connectivity index (χ0n) is 21.7. The van der Waals surface area contributed by atoms with Crippen molar-refractivity contribution in [1.82, 2.24) is 20.0 Å². The molecule has 10 nitrogen and oxygen atoms in total. The third-order valence-corrected chi connectivity index (χ3v) is 7.41. The molecule has 1 saturated carbocycles. The standard InChI is InChI=1S/C25H33Cl2N5O5/c1-25(2,3)37-24(35)36-16-8-6-7-15(12-16)28-22-29-20-19(30(22)4)21(33)32(23(34)31(20)5)13-14-9-10-17(26)18(27)11-14/h9-11,15-16,19-20H,6-8,12-13H2,1-5H3,(H,28,29)/t15-,16+,19?,20?/m0/s1. The van der Waals surface area contributed by atoms with Gasteiger partial charge in [-0.1, -0.05) is 29.3 Å². The largest absolute Gasteiger partial charge is 0.509 e. The Balaban J connectivity index is 1.41. The summed E-state index contributed by atoms with van der Waals surface area (Å²) in [4.78, 5) is 47.8. The maximum Gasteiger partial charge on any atom is 0.509 e. The quantitative estimate of drug-likeness (QED) is 0.556. The summed E-state index contributed by atoms with van der Waals surface area (Å²) in [6.07, 6.45) is 1.48. The first kappa shape index (κ1) is 27.3. The van der Waals surface area contributed by atoms with Crippen LogP contribution in [0.1, 0.15) is 52.0 Å². The summed E-state index contributed by atoms with van der Waals surface area (Å²) >= 11 is 12.1. The van der Waals surface area contributed by atoms with Crippen molar-refractivity contribution in [2.24, 2.45) is 4.99 Å². The van der Waals surface area contributed by atoms with Crippen LogP contribution in [0.4, 0.5) is 9.59 Å². The van der Waals surface area contributed by atoms with Gasteiger partial charge in [-0.3, -0.25) is 9.69 Å². The number of urea groups is 1. The van der Waals surface area contributed by atoms with E-state index in [0.29, 0.717) is 28.0 Å². The molecule has 2 fully saturated rings. The van der Waals surface area contributed by atoms with Crippen LogP contribution >= 0.6 is 23.2 Å². The van der Waals surface area contributed by atoms with Crippen molar-refractivity contribution in [3.05, 3.63) is 33.8 Å². The smallest absolute Gasteiger partial charge is 0.431 e. The molecule has 1 aliphatic carbocycles. The van der Waals surface area contributed by atoms with Gasteiger partial charge in [0.2, 0.25) is 0 Å². The molecule has 1 saturated heterocycles. The molecule has 1 aromatic rings. The minimum absolute atomic E-state index is 0.00837. The van der Waals surface area contributed by atoms with Crippen molar-refractivity contribution in [1.29, 1.82) is 0 Å². The van der Waals surface area contributed by atoms with E-state index >= 15 is 0 Å². The number of hydrogen-bond donors (Lipinski definition) is 1. The fourth-order valence-corrected chi connectivity index (χ4v) is 5.17. The van der Waals surface area contributed by atoms with Gasteiger partial charge in [-0.25, -0.2) is 14.6 Å². The molecule has 0 aromatic heterocycles. The molecular weight excluding hydrogens is 521 g/mol. The predicted octanol–water partition coefficient (Wildman–Crippen LogP) is 4.24. The fraction of sp³-hybridized carbons (Fsp3) is 0.600. The highest BCUT2D eigenvalue weighted by atomic mass is 35.5. The number of nitrogens with zero attached hydrogens (tertiary/aromatic N) is 4. The number of carbonyl (C=O) groups excluding carboxylic acids is 3. The second-order valence-electron chi connectivity index (χ2n) is 10.7. The van der Waals surface area contributed by atoms with E-state index in [2.05, 4.69) is 10.3 Å². The first-order valence-electron chi connectivity index (χ1n) is 12.3. The number of hydrogen-bond acceptors (Lipinski definition) is 8. The molecule has 2 unspecified atom stereocenters. The van der Waals surface area contributed by atoms with E-state index in [4.69, 9.17) is 32.7 Å². The van der Waals surface area contributed by atoms with Crippen molar-refractivity contribution in [3.8, 4) is 0 Å². The number of fused-ring (bicyclic) bond motifs is 1. The summed E-state index contributed by atoms with van der Waals surface area (Å²) in [7, 11) is 3.42. The van der Waals surface area contributed by atoms with Crippen molar-refractivity contribution < 1.29 is 23.9 Å². The molecule has 1 aromatic carbocycles. The lowest BCUT2D eigenvalue weighted by Crippen LogP contribution is -2.64. The highest BCUT2D eigenvalue weighted by Crippen LogP contribution is 2.30. The monoisotopic (exact) mass is 553 g/mol. The molecule has 12 heteroatoms. The Labute approximate surface area is 226 Å². The van der Waals surface area contributed by atoms with Gasteiger partial charge in [0.15, 0.2) is 18.2 Å². The summed E-state index contributed by atoms with van der Waals surface area (Å²) in [6, 6.07) is 3.93. The average Bonchev–Trinajstić information content (AvgIpc) is 3.12. The van der Waals surface area contributed by atoms with Gasteiger partial charge < -0.3 is 24.6 Å². The Kier molecular flexibility index (Phi) is 7.80. The Hall–Kier alpha value is -2.72. The molecule has 37 heavy (non-hydrogen) atoms. The van der Waals surface area contributed by atoms with Crippen molar-refractivity contribution in [2.45, 2.75) is 83.0 Å². The molecular formula is C25H33Cl2N5O5. The minimum atomic E-state index is -0.674. The molecule has 4 atom stereocenters. The third kappa shape index (κ3) is 6.06. The lowest BCUT2D eigenvalue weighted by molar-refractivity contribution is -0.137. The Morgan fingerprint density at radius 3 is 2.54 bits per heavy atom. The molecule has 3 amide bonds. The number of aliphatic imine (C=N–C) groups is 1. The summed E-state index contributed by atoms with van der Waals surface area (Å²) in [5, 5.41) is 4.17. The average molecular weight is 554 g/mol.